The van der Waals surface area contributed by atoms with E-state index in [1.165, 1.54) is 18.4 Å². The topological polar surface area (TPSA) is 36.3 Å². The molecule has 3 nitrogen and oxygen atoms in total. The first-order valence-corrected chi connectivity index (χ1v) is 10.1. The molecule has 4 heteroatoms. The van der Waals surface area contributed by atoms with E-state index in [4.69, 9.17) is 21.6 Å². The van der Waals surface area contributed by atoms with Gasteiger partial charge in [0.15, 0.2) is 0 Å². The van der Waals surface area contributed by atoms with E-state index in [0.717, 1.165) is 55.2 Å². The maximum absolute atomic E-state index is 8.85. The zero-order valence-corrected chi connectivity index (χ0v) is 16.7. The lowest BCUT2D eigenvalue weighted by atomic mass is 9.93. The molecule has 0 atom stereocenters. The number of unbranched alkanes of at least 4 members (excludes halogenated alkanes) is 1. The van der Waals surface area contributed by atoms with Gasteiger partial charge < -0.3 is 9.64 Å². The van der Waals surface area contributed by atoms with Crippen molar-refractivity contribution < 1.29 is 4.74 Å². The van der Waals surface area contributed by atoms with Crippen molar-refractivity contribution in [3.8, 4) is 11.8 Å². The Balaban J connectivity index is 1.36. The molecule has 0 N–H and O–H groups in total. The monoisotopic (exact) mass is 382 g/mol. The van der Waals surface area contributed by atoms with Crippen LogP contribution in [-0.2, 0) is 6.42 Å². The minimum atomic E-state index is -0.0905. The maximum atomic E-state index is 8.85. The van der Waals surface area contributed by atoms with Gasteiger partial charge in [-0.05, 0) is 87.5 Å². The van der Waals surface area contributed by atoms with Crippen molar-refractivity contribution in [1.82, 2.24) is 4.90 Å². The van der Waals surface area contributed by atoms with E-state index in [1.54, 1.807) is 0 Å². The quantitative estimate of drug-likeness (QED) is 0.596. The smallest absolute Gasteiger partial charge is 0.120 e. The van der Waals surface area contributed by atoms with E-state index in [2.05, 4.69) is 30.0 Å². The molecule has 0 spiro atoms. The summed E-state index contributed by atoms with van der Waals surface area (Å²) in [5.74, 6) is 0.901. The van der Waals surface area contributed by atoms with E-state index >= 15 is 0 Å². The largest absolute Gasteiger partial charge is 0.487 e. The Bertz CT molecular complexity index is 756. The summed E-state index contributed by atoms with van der Waals surface area (Å²) in [7, 11) is 0. The summed E-state index contributed by atoms with van der Waals surface area (Å²) in [5, 5.41) is 9.59. The zero-order valence-electron chi connectivity index (χ0n) is 16.0. The maximum Gasteiger partial charge on any atom is 0.120 e. The Morgan fingerprint density at radius 1 is 1.04 bits per heavy atom. The molecule has 1 aliphatic rings. The van der Waals surface area contributed by atoms with E-state index in [0.29, 0.717) is 0 Å². The molecular formula is C23H27ClN2O. The SMILES string of the molecule is CC1(Oc2ccc(Cl)cc2)CCN(CCCCc2ccc(C#N)cc2)CC1. The van der Waals surface area contributed by atoms with Crippen LogP contribution in [0.2, 0.25) is 5.02 Å². The Kier molecular flexibility index (Phi) is 6.77. The van der Waals surface area contributed by atoms with Gasteiger partial charge in [-0.3, -0.25) is 0 Å². The lowest BCUT2D eigenvalue weighted by molar-refractivity contribution is 0.0164. The fourth-order valence-electron chi connectivity index (χ4n) is 3.55. The number of piperidine rings is 1. The molecule has 0 bridgehead atoms. The predicted octanol–water partition coefficient (Wildman–Crippen LogP) is 5.47. The molecule has 0 saturated carbocycles. The molecule has 3 rings (SSSR count). The normalized spacial score (nSPS) is 16.6. The number of hydrogen-bond acceptors (Lipinski definition) is 3. The van der Waals surface area contributed by atoms with Gasteiger partial charge in [0.05, 0.1) is 11.6 Å². The second-order valence-corrected chi connectivity index (χ2v) is 8.05. The van der Waals surface area contributed by atoms with Crippen LogP contribution in [0.4, 0.5) is 0 Å². The second kappa shape index (κ2) is 9.26. The summed E-state index contributed by atoms with van der Waals surface area (Å²) in [5.41, 5.74) is 1.96. The summed E-state index contributed by atoms with van der Waals surface area (Å²) in [6.07, 6.45) is 5.56. The average molecular weight is 383 g/mol. The Morgan fingerprint density at radius 2 is 1.70 bits per heavy atom. The number of benzene rings is 2. The van der Waals surface area contributed by atoms with Crippen molar-refractivity contribution >= 4 is 11.6 Å². The third kappa shape index (κ3) is 5.99. The minimum Gasteiger partial charge on any atom is -0.487 e. The van der Waals surface area contributed by atoms with E-state index < -0.39 is 0 Å². The number of nitriles is 1. The molecule has 2 aromatic carbocycles. The van der Waals surface area contributed by atoms with Gasteiger partial charge >= 0.3 is 0 Å². The minimum absolute atomic E-state index is 0.0905. The molecule has 0 amide bonds. The number of hydrogen-bond donors (Lipinski definition) is 0. The van der Waals surface area contributed by atoms with Gasteiger partial charge in [-0.25, -0.2) is 0 Å². The highest BCUT2D eigenvalue weighted by Gasteiger charge is 2.31. The van der Waals surface area contributed by atoms with Gasteiger partial charge in [-0.15, -0.1) is 0 Å². The fraction of sp³-hybridized carbons (Fsp3) is 0.435. The van der Waals surface area contributed by atoms with Crippen LogP contribution in [0.15, 0.2) is 48.5 Å². The first kappa shape index (κ1) is 19.7. The number of halogens is 1. The Hall–Kier alpha value is -2.02. The molecule has 27 heavy (non-hydrogen) atoms. The molecule has 0 aromatic heterocycles. The van der Waals surface area contributed by atoms with Crippen LogP contribution in [-0.4, -0.2) is 30.1 Å². The van der Waals surface area contributed by atoms with E-state index in [-0.39, 0.29) is 5.60 Å². The molecular weight excluding hydrogens is 356 g/mol. The van der Waals surface area contributed by atoms with Crippen LogP contribution in [0.1, 0.15) is 43.7 Å². The molecule has 0 aliphatic carbocycles. The van der Waals surface area contributed by atoms with Crippen molar-refractivity contribution in [1.29, 1.82) is 5.26 Å². The van der Waals surface area contributed by atoms with Crippen LogP contribution in [0.25, 0.3) is 0 Å². The number of rotatable bonds is 7. The number of aryl methyl sites for hydroxylation is 1. The standard InChI is InChI=1S/C23H27ClN2O/c1-23(27-22-11-9-21(24)10-12-22)13-16-26(17-14-23)15-3-2-4-19-5-7-20(18-25)8-6-19/h5-12H,2-4,13-17H2,1H3. The molecule has 1 saturated heterocycles. The predicted molar refractivity (Wildman–Crippen MR) is 110 cm³/mol. The number of likely N-dealkylation sites (tertiary alicyclic amines) is 1. The van der Waals surface area contributed by atoms with Gasteiger partial charge in [-0.1, -0.05) is 23.7 Å². The van der Waals surface area contributed by atoms with Crippen molar-refractivity contribution in [3.05, 3.63) is 64.7 Å². The van der Waals surface area contributed by atoms with E-state index in [9.17, 15) is 0 Å². The molecule has 142 valence electrons. The molecule has 1 heterocycles. The highest BCUT2D eigenvalue weighted by molar-refractivity contribution is 6.30. The summed E-state index contributed by atoms with van der Waals surface area (Å²) in [4.78, 5) is 2.55. The summed E-state index contributed by atoms with van der Waals surface area (Å²) >= 11 is 5.95. The second-order valence-electron chi connectivity index (χ2n) is 7.61. The summed E-state index contributed by atoms with van der Waals surface area (Å²) in [6.45, 7) is 5.53. The molecule has 1 aliphatic heterocycles. The molecule has 0 radical (unpaired) electrons. The van der Waals surface area contributed by atoms with Gasteiger partial charge in [0, 0.05) is 18.1 Å². The van der Waals surface area contributed by atoms with Crippen molar-refractivity contribution in [2.75, 3.05) is 19.6 Å². The van der Waals surface area contributed by atoms with Crippen LogP contribution in [0.3, 0.4) is 0 Å². The lowest BCUT2D eigenvalue weighted by Crippen LogP contribution is -2.46. The summed E-state index contributed by atoms with van der Waals surface area (Å²) in [6, 6.07) is 17.8. The Labute approximate surface area is 167 Å². The van der Waals surface area contributed by atoms with Crippen LogP contribution in [0.5, 0.6) is 5.75 Å². The lowest BCUT2D eigenvalue weighted by Gasteiger charge is -2.39. The molecule has 1 fully saturated rings. The van der Waals surface area contributed by atoms with Crippen LogP contribution >= 0.6 is 11.6 Å². The Morgan fingerprint density at radius 3 is 2.33 bits per heavy atom. The van der Waals surface area contributed by atoms with Gasteiger partial charge in [0.25, 0.3) is 0 Å². The highest BCUT2D eigenvalue weighted by atomic mass is 35.5. The van der Waals surface area contributed by atoms with Crippen LogP contribution in [0, 0.1) is 11.3 Å². The first-order valence-electron chi connectivity index (χ1n) is 9.72. The van der Waals surface area contributed by atoms with Gasteiger partial charge in [-0.2, -0.15) is 5.26 Å². The number of nitrogens with zero attached hydrogens (tertiary/aromatic N) is 2. The molecule has 2 aromatic rings. The average Bonchev–Trinajstić information content (AvgIpc) is 2.69. The first-order chi connectivity index (χ1) is 13.1. The third-order valence-corrected chi connectivity index (χ3v) is 5.62. The van der Waals surface area contributed by atoms with Crippen molar-refractivity contribution in [2.24, 2.45) is 0 Å². The van der Waals surface area contributed by atoms with Crippen molar-refractivity contribution in [2.45, 2.75) is 44.6 Å². The van der Waals surface area contributed by atoms with Crippen LogP contribution < -0.4 is 4.74 Å². The number of ether oxygens (including phenoxy) is 1. The third-order valence-electron chi connectivity index (χ3n) is 5.36. The van der Waals surface area contributed by atoms with Gasteiger partial charge in [0.2, 0.25) is 0 Å². The van der Waals surface area contributed by atoms with Crippen molar-refractivity contribution in [3.63, 3.8) is 0 Å². The summed E-state index contributed by atoms with van der Waals surface area (Å²) < 4.78 is 6.24. The molecule has 0 unspecified atom stereocenters. The highest BCUT2D eigenvalue weighted by Crippen LogP contribution is 2.29. The van der Waals surface area contributed by atoms with E-state index in [1.807, 2.05) is 36.4 Å². The fourth-order valence-corrected chi connectivity index (χ4v) is 3.68. The van der Waals surface area contributed by atoms with Gasteiger partial charge in [0.1, 0.15) is 11.4 Å². The zero-order chi connectivity index (χ0) is 19.1.